The molecule has 9 heteroatoms. The summed E-state index contributed by atoms with van der Waals surface area (Å²) in [5.74, 6) is 1.30. The Labute approximate surface area is 188 Å². The lowest BCUT2D eigenvalue weighted by atomic mass is 10.2. The molecule has 1 fully saturated rings. The number of anilines is 3. The Morgan fingerprint density at radius 1 is 1.13 bits per heavy atom. The number of hydrogen-bond donors (Lipinski definition) is 2. The number of amides is 1. The number of halogens is 2. The molecule has 1 amide bonds. The number of carbonyl (C=O) groups is 1. The Balaban J connectivity index is 1.41. The quantitative estimate of drug-likeness (QED) is 0.414. The summed E-state index contributed by atoms with van der Waals surface area (Å²) < 4.78 is 1.82. The molecule has 156 valence electrons. The summed E-state index contributed by atoms with van der Waals surface area (Å²) >= 11 is 12.5. The van der Waals surface area contributed by atoms with Crippen molar-refractivity contribution in [2.75, 3.05) is 10.6 Å². The van der Waals surface area contributed by atoms with Gasteiger partial charge in [-0.1, -0.05) is 29.3 Å². The van der Waals surface area contributed by atoms with Crippen LogP contribution < -0.4 is 10.6 Å². The lowest BCUT2D eigenvalue weighted by Gasteiger charge is -2.09. The van der Waals surface area contributed by atoms with Crippen molar-refractivity contribution in [2.24, 2.45) is 7.05 Å². The summed E-state index contributed by atoms with van der Waals surface area (Å²) in [7, 11) is 1.84. The molecule has 1 saturated carbocycles. The summed E-state index contributed by atoms with van der Waals surface area (Å²) in [6, 6.07) is 10.8. The van der Waals surface area contributed by atoms with Crippen LogP contribution in [0.15, 0.2) is 48.8 Å². The Morgan fingerprint density at radius 2 is 1.90 bits per heavy atom. The largest absolute Gasteiger partial charge is 0.323 e. The third-order valence-electron chi connectivity index (χ3n) is 5.27. The van der Waals surface area contributed by atoms with Crippen molar-refractivity contribution in [1.82, 2.24) is 19.5 Å². The normalized spacial score (nSPS) is 13.4. The van der Waals surface area contributed by atoms with Crippen molar-refractivity contribution >= 4 is 57.6 Å². The van der Waals surface area contributed by atoms with Crippen LogP contribution in [0.3, 0.4) is 0 Å². The zero-order valence-corrected chi connectivity index (χ0v) is 18.1. The molecule has 3 aromatic heterocycles. The minimum absolute atomic E-state index is 0.256. The minimum atomic E-state index is -0.336. The molecule has 7 nitrogen and oxygen atoms in total. The molecule has 1 aliphatic rings. The second-order valence-electron chi connectivity index (χ2n) is 7.48. The third-order valence-corrected chi connectivity index (χ3v) is 5.90. The van der Waals surface area contributed by atoms with Gasteiger partial charge in [0.05, 0.1) is 33.0 Å². The number of aryl methyl sites for hydroxylation is 1. The first-order valence-electron chi connectivity index (χ1n) is 9.80. The first-order valence-corrected chi connectivity index (χ1v) is 10.6. The fourth-order valence-corrected chi connectivity index (χ4v) is 3.91. The number of pyridine rings is 2. The van der Waals surface area contributed by atoms with Gasteiger partial charge in [-0.2, -0.15) is 0 Å². The standard InChI is InChI=1S/C22H18Cl2N6O/c1-30-18-11-26-17(21(31)28-19-9-13(7-8-25-19)12-5-6-12)10-16(18)27-22(30)29-20-14(23)3-2-4-15(20)24/h2-4,7-12H,5-6H2,1H3,(H,27,29)(H,25,28,31). The van der Waals surface area contributed by atoms with Crippen molar-refractivity contribution in [2.45, 2.75) is 18.8 Å². The Bertz CT molecular complexity index is 1290. The van der Waals surface area contributed by atoms with E-state index in [1.54, 1.807) is 36.7 Å². The lowest BCUT2D eigenvalue weighted by molar-refractivity contribution is 0.102. The number of nitrogens with zero attached hydrogens (tertiary/aromatic N) is 4. The number of rotatable bonds is 5. The minimum Gasteiger partial charge on any atom is -0.323 e. The van der Waals surface area contributed by atoms with Gasteiger partial charge in [0.2, 0.25) is 5.95 Å². The number of benzene rings is 1. The van der Waals surface area contributed by atoms with Crippen LogP contribution in [0.1, 0.15) is 34.8 Å². The molecule has 0 unspecified atom stereocenters. The van der Waals surface area contributed by atoms with Crippen molar-refractivity contribution in [3.63, 3.8) is 0 Å². The van der Waals surface area contributed by atoms with Crippen LogP contribution in [0, 0.1) is 0 Å². The molecule has 0 radical (unpaired) electrons. The topological polar surface area (TPSA) is 84.7 Å². The van der Waals surface area contributed by atoms with E-state index in [1.165, 1.54) is 18.4 Å². The maximum atomic E-state index is 12.7. The predicted molar refractivity (Wildman–Crippen MR) is 122 cm³/mol. The second-order valence-corrected chi connectivity index (χ2v) is 8.29. The average molecular weight is 453 g/mol. The fourth-order valence-electron chi connectivity index (χ4n) is 3.42. The molecular weight excluding hydrogens is 435 g/mol. The molecule has 0 atom stereocenters. The van der Waals surface area contributed by atoms with Gasteiger partial charge in [-0.05, 0) is 54.7 Å². The maximum absolute atomic E-state index is 12.7. The van der Waals surface area contributed by atoms with Gasteiger partial charge in [-0.3, -0.25) is 4.79 Å². The molecule has 0 aliphatic heterocycles. The molecule has 3 heterocycles. The number of hydrogen-bond acceptors (Lipinski definition) is 5. The van der Waals surface area contributed by atoms with E-state index in [-0.39, 0.29) is 11.6 Å². The van der Waals surface area contributed by atoms with Crippen LogP contribution >= 0.6 is 23.2 Å². The van der Waals surface area contributed by atoms with E-state index in [4.69, 9.17) is 23.2 Å². The van der Waals surface area contributed by atoms with Crippen LogP contribution in [0.5, 0.6) is 0 Å². The number of aromatic nitrogens is 4. The third kappa shape index (κ3) is 3.94. The molecule has 31 heavy (non-hydrogen) atoms. The van der Waals surface area contributed by atoms with E-state index < -0.39 is 0 Å². The van der Waals surface area contributed by atoms with Gasteiger partial charge >= 0.3 is 0 Å². The molecule has 1 aliphatic carbocycles. The average Bonchev–Trinajstić information content (AvgIpc) is 3.56. The van der Waals surface area contributed by atoms with Crippen molar-refractivity contribution in [3.05, 3.63) is 70.1 Å². The zero-order chi connectivity index (χ0) is 21.5. The molecular formula is C22H18Cl2N6O. The molecule has 4 aromatic rings. The summed E-state index contributed by atoms with van der Waals surface area (Å²) in [5.41, 5.74) is 3.40. The smallest absolute Gasteiger partial charge is 0.275 e. The molecule has 2 N–H and O–H groups in total. The number of carbonyl (C=O) groups excluding carboxylic acids is 1. The SMILES string of the molecule is Cn1c(Nc2c(Cl)cccc2Cl)nc2cc(C(=O)Nc3cc(C4CC4)ccn3)ncc21. The lowest BCUT2D eigenvalue weighted by Crippen LogP contribution is -2.14. The van der Waals surface area contributed by atoms with Crippen LogP contribution in [-0.2, 0) is 7.05 Å². The van der Waals surface area contributed by atoms with Gasteiger partial charge in [0.15, 0.2) is 0 Å². The maximum Gasteiger partial charge on any atom is 0.275 e. The summed E-state index contributed by atoms with van der Waals surface area (Å²) in [6.07, 6.45) is 5.71. The molecule has 0 bridgehead atoms. The summed E-state index contributed by atoms with van der Waals surface area (Å²) in [4.78, 5) is 25.9. The molecule has 0 saturated heterocycles. The Morgan fingerprint density at radius 3 is 2.65 bits per heavy atom. The second kappa shape index (κ2) is 7.83. The first kappa shape index (κ1) is 19.8. The van der Waals surface area contributed by atoms with Crippen molar-refractivity contribution < 1.29 is 4.79 Å². The Hall–Kier alpha value is -3.16. The van der Waals surface area contributed by atoms with Gasteiger partial charge in [-0.15, -0.1) is 0 Å². The van der Waals surface area contributed by atoms with E-state index in [2.05, 4.69) is 25.6 Å². The van der Waals surface area contributed by atoms with E-state index in [9.17, 15) is 4.79 Å². The predicted octanol–water partition coefficient (Wildman–Crippen LogP) is 5.54. The number of nitrogens with one attached hydrogen (secondary N) is 2. The highest BCUT2D eigenvalue weighted by atomic mass is 35.5. The zero-order valence-electron chi connectivity index (χ0n) is 16.6. The molecule has 5 rings (SSSR count). The highest BCUT2D eigenvalue weighted by Crippen LogP contribution is 2.40. The number of fused-ring (bicyclic) bond motifs is 1. The van der Waals surface area contributed by atoms with Gasteiger partial charge < -0.3 is 15.2 Å². The number of para-hydroxylation sites is 1. The van der Waals surface area contributed by atoms with Gasteiger partial charge in [0.25, 0.3) is 5.91 Å². The van der Waals surface area contributed by atoms with E-state index in [0.717, 1.165) is 5.52 Å². The van der Waals surface area contributed by atoms with Crippen LogP contribution in [0.2, 0.25) is 10.0 Å². The fraction of sp³-hybridized carbons (Fsp3) is 0.182. The van der Waals surface area contributed by atoms with Crippen LogP contribution in [-0.4, -0.2) is 25.4 Å². The van der Waals surface area contributed by atoms with Gasteiger partial charge in [-0.25, -0.2) is 15.0 Å². The van der Waals surface area contributed by atoms with Gasteiger partial charge in [0, 0.05) is 13.2 Å². The highest BCUT2D eigenvalue weighted by Gasteiger charge is 2.24. The first-order chi connectivity index (χ1) is 15.0. The van der Waals surface area contributed by atoms with Crippen molar-refractivity contribution in [3.8, 4) is 0 Å². The van der Waals surface area contributed by atoms with E-state index >= 15 is 0 Å². The summed E-state index contributed by atoms with van der Waals surface area (Å²) in [6.45, 7) is 0. The van der Waals surface area contributed by atoms with Crippen molar-refractivity contribution in [1.29, 1.82) is 0 Å². The number of imidazole rings is 1. The van der Waals surface area contributed by atoms with Crippen LogP contribution in [0.4, 0.5) is 17.5 Å². The summed E-state index contributed by atoms with van der Waals surface area (Å²) in [5, 5.41) is 6.95. The molecule has 1 aromatic carbocycles. The monoisotopic (exact) mass is 452 g/mol. The molecule has 0 spiro atoms. The van der Waals surface area contributed by atoms with E-state index in [0.29, 0.717) is 38.9 Å². The highest BCUT2D eigenvalue weighted by molar-refractivity contribution is 6.39. The Kier molecular flexibility index (Phi) is 5.00. The van der Waals surface area contributed by atoms with Gasteiger partial charge in [0.1, 0.15) is 11.5 Å². The van der Waals surface area contributed by atoms with Crippen LogP contribution in [0.25, 0.3) is 11.0 Å². The van der Waals surface area contributed by atoms with E-state index in [1.807, 2.05) is 23.7 Å².